The standard InChI is InChI=1S/C24H32ClN3O4S/c1-17-12-18(2)14-22(13-17)28(33(5,31)32)11-7-10-23(29)27(19(3)24(30)26-4)16-20-8-6-9-21(25)15-20/h6,8-9,12-15,19H,7,10-11,16H2,1-5H3,(H,26,30)/t19-/m0/s1. The van der Waals surface area contributed by atoms with Crippen LogP contribution in [0.4, 0.5) is 5.69 Å². The fourth-order valence-electron chi connectivity index (χ4n) is 3.72. The van der Waals surface area contributed by atoms with Gasteiger partial charge in [0, 0.05) is 31.6 Å². The zero-order valence-corrected chi connectivity index (χ0v) is 21.3. The smallest absolute Gasteiger partial charge is 0.242 e. The summed E-state index contributed by atoms with van der Waals surface area (Å²) in [5.74, 6) is -0.515. The number of benzene rings is 2. The van der Waals surface area contributed by atoms with Gasteiger partial charge in [0.05, 0.1) is 11.9 Å². The summed E-state index contributed by atoms with van der Waals surface area (Å²) in [6.07, 6.45) is 1.57. The summed E-state index contributed by atoms with van der Waals surface area (Å²) in [4.78, 5) is 26.9. The van der Waals surface area contributed by atoms with Crippen LogP contribution in [0.15, 0.2) is 42.5 Å². The van der Waals surface area contributed by atoms with Crippen molar-refractivity contribution in [3.63, 3.8) is 0 Å². The van der Waals surface area contributed by atoms with Crippen molar-refractivity contribution in [1.82, 2.24) is 10.2 Å². The van der Waals surface area contributed by atoms with Gasteiger partial charge in [-0.1, -0.05) is 29.8 Å². The molecule has 0 aromatic heterocycles. The van der Waals surface area contributed by atoms with Crippen molar-refractivity contribution in [1.29, 1.82) is 0 Å². The maximum atomic E-state index is 13.1. The van der Waals surface area contributed by atoms with E-state index >= 15 is 0 Å². The lowest BCUT2D eigenvalue weighted by molar-refractivity contribution is -0.140. The van der Waals surface area contributed by atoms with Gasteiger partial charge in [-0.05, 0) is 68.1 Å². The third-order valence-electron chi connectivity index (χ3n) is 5.30. The van der Waals surface area contributed by atoms with Crippen LogP contribution in [0.1, 0.15) is 36.5 Å². The molecule has 0 aliphatic rings. The predicted molar refractivity (Wildman–Crippen MR) is 133 cm³/mol. The Balaban J connectivity index is 2.17. The van der Waals surface area contributed by atoms with Gasteiger partial charge in [-0.15, -0.1) is 0 Å². The fraction of sp³-hybridized carbons (Fsp3) is 0.417. The summed E-state index contributed by atoms with van der Waals surface area (Å²) >= 11 is 6.07. The molecular weight excluding hydrogens is 462 g/mol. The van der Waals surface area contributed by atoms with E-state index in [1.165, 1.54) is 16.3 Å². The van der Waals surface area contributed by atoms with Gasteiger partial charge in [0.15, 0.2) is 0 Å². The third kappa shape index (κ3) is 7.75. The van der Waals surface area contributed by atoms with Crippen LogP contribution >= 0.6 is 11.6 Å². The van der Waals surface area contributed by atoms with E-state index in [0.717, 1.165) is 22.9 Å². The molecule has 0 spiro atoms. The minimum atomic E-state index is -3.53. The lowest BCUT2D eigenvalue weighted by Gasteiger charge is -2.29. The highest BCUT2D eigenvalue weighted by Gasteiger charge is 2.26. The fourth-order valence-corrected chi connectivity index (χ4v) is 4.88. The van der Waals surface area contributed by atoms with Gasteiger partial charge in [-0.3, -0.25) is 13.9 Å². The van der Waals surface area contributed by atoms with Crippen LogP contribution in [0.2, 0.25) is 5.02 Å². The SMILES string of the molecule is CNC(=O)[C@H](C)N(Cc1cccc(Cl)c1)C(=O)CCCN(c1cc(C)cc(C)c1)S(C)(=O)=O. The molecule has 1 N–H and O–H groups in total. The Bertz CT molecular complexity index is 1080. The normalized spacial score (nSPS) is 12.2. The third-order valence-corrected chi connectivity index (χ3v) is 6.73. The van der Waals surface area contributed by atoms with Crippen LogP contribution in [0.3, 0.4) is 0 Å². The number of hydrogen-bond acceptors (Lipinski definition) is 4. The molecule has 0 radical (unpaired) electrons. The lowest BCUT2D eigenvalue weighted by Crippen LogP contribution is -2.46. The average molecular weight is 494 g/mol. The van der Waals surface area contributed by atoms with E-state index in [1.54, 1.807) is 25.1 Å². The van der Waals surface area contributed by atoms with Crippen LogP contribution in [-0.2, 0) is 26.2 Å². The second-order valence-corrected chi connectivity index (χ2v) is 10.6. The Kier molecular flexibility index (Phi) is 9.31. The maximum Gasteiger partial charge on any atom is 0.242 e. The number of carbonyl (C=O) groups excluding carboxylic acids is 2. The number of nitrogens with one attached hydrogen (secondary N) is 1. The van der Waals surface area contributed by atoms with Gasteiger partial charge in [0.25, 0.3) is 0 Å². The summed E-state index contributed by atoms with van der Waals surface area (Å²) in [6.45, 7) is 5.87. The lowest BCUT2D eigenvalue weighted by atomic mass is 10.1. The van der Waals surface area contributed by atoms with Crippen LogP contribution in [0, 0.1) is 13.8 Å². The number of sulfonamides is 1. The summed E-state index contributed by atoms with van der Waals surface area (Å²) < 4.78 is 26.2. The number of carbonyl (C=O) groups is 2. The van der Waals surface area contributed by atoms with Gasteiger partial charge < -0.3 is 10.2 Å². The average Bonchev–Trinajstić information content (AvgIpc) is 2.72. The Morgan fingerprint density at radius 3 is 2.27 bits per heavy atom. The second kappa shape index (κ2) is 11.5. The summed E-state index contributed by atoms with van der Waals surface area (Å²) in [5, 5.41) is 3.12. The van der Waals surface area contributed by atoms with Crippen molar-refractivity contribution < 1.29 is 18.0 Å². The molecule has 180 valence electrons. The van der Waals surface area contributed by atoms with E-state index in [4.69, 9.17) is 11.6 Å². The zero-order chi connectivity index (χ0) is 24.8. The largest absolute Gasteiger partial charge is 0.357 e. The van der Waals surface area contributed by atoms with E-state index in [0.29, 0.717) is 17.1 Å². The number of anilines is 1. The first-order valence-electron chi connectivity index (χ1n) is 10.7. The molecule has 0 saturated carbocycles. The predicted octanol–water partition coefficient (Wildman–Crippen LogP) is 3.67. The molecular formula is C24H32ClN3O4S. The van der Waals surface area contributed by atoms with Crippen molar-refractivity contribution in [2.75, 3.05) is 24.2 Å². The van der Waals surface area contributed by atoms with Crippen LogP contribution in [0.25, 0.3) is 0 Å². The molecule has 0 aliphatic heterocycles. The molecule has 7 nitrogen and oxygen atoms in total. The highest BCUT2D eigenvalue weighted by molar-refractivity contribution is 7.92. The molecule has 0 unspecified atom stereocenters. The number of rotatable bonds is 10. The van der Waals surface area contributed by atoms with E-state index in [-0.39, 0.29) is 31.3 Å². The van der Waals surface area contributed by atoms with E-state index in [9.17, 15) is 18.0 Å². The highest BCUT2D eigenvalue weighted by atomic mass is 35.5. The molecule has 9 heteroatoms. The van der Waals surface area contributed by atoms with Crippen molar-refractivity contribution in [3.05, 3.63) is 64.2 Å². The van der Waals surface area contributed by atoms with Crippen molar-refractivity contribution in [3.8, 4) is 0 Å². The maximum absolute atomic E-state index is 13.1. The van der Waals surface area contributed by atoms with Gasteiger partial charge in [0.1, 0.15) is 6.04 Å². The minimum Gasteiger partial charge on any atom is -0.357 e. The van der Waals surface area contributed by atoms with Crippen molar-refractivity contribution in [2.45, 2.75) is 46.2 Å². The molecule has 0 fully saturated rings. The second-order valence-electron chi connectivity index (χ2n) is 8.23. The molecule has 2 amide bonds. The highest BCUT2D eigenvalue weighted by Crippen LogP contribution is 2.22. The number of likely N-dealkylation sites (N-methyl/N-ethyl adjacent to an activating group) is 1. The quantitative estimate of drug-likeness (QED) is 0.547. The Hall–Kier alpha value is -2.58. The first-order chi connectivity index (χ1) is 15.4. The van der Waals surface area contributed by atoms with Crippen LogP contribution < -0.4 is 9.62 Å². The molecule has 2 aromatic rings. The minimum absolute atomic E-state index is 0.0960. The van der Waals surface area contributed by atoms with Gasteiger partial charge >= 0.3 is 0 Å². The molecule has 0 bridgehead atoms. The van der Waals surface area contributed by atoms with Gasteiger partial charge in [-0.2, -0.15) is 0 Å². The van der Waals surface area contributed by atoms with Crippen LogP contribution in [0.5, 0.6) is 0 Å². The van der Waals surface area contributed by atoms with Crippen molar-refractivity contribution in [2.24, 2.45) is 0 Å². The molecule has 2 rings (SSSR count). The number of halogens is 1. The molecule has 0 aliphatic carbocycles. The summed E-state index contributed by atoms with van der Waals surface area (Å²) in [7, 11) is -2.00. The van der Waals surface area contributed by atoms with E-state index in [1.807, 2.05) is 38.1 Å². The van der Waals surface area contributed by atoms with E-state index in [2.05, 4.69) is 5.32 Å². The number of aryl methyl sites for hydroxylation is 2. The number of nitrogens with zero attached hydrogens (tertiary/aromatic N) is 2. The monoisotopic (exact) mass is 493 g/mol. The molecule has 0 heterocycles. The Labute approximate surface area is 201 Å². The van der Waals surface area contributed by atoms with Gasteiger partial charge in [-0.25, -0.2) is 8.42 Å². The number of hydrogen-bond donors (Lipinski definition) is 1. The Morgan fingerprint density at radius 1 is 1.09 bits per heavy atom. The summed E-state index contributed by atoms with van der Waals surface area (Å²) in [6, 6.07) is 12.0. The molecule has 1 atom stereocenters. The Morgan fingerprint density at radius 2 is 1.73 bits per heavy atom. The first kappa shape index (κ1) is 26.7. The van der Waals surface area contributed by atoms with Crippen LogP contribution in [-0.4, -0.2) is 51.0 Å². The number of amides is 2. The first-order valence-corrected chi connectivity index (χ1v) is 13.0. The molecule has 2 aromatic carbocycles. The summed E-state index contributed by atoms with van der Waals surface area (Å²) in [5.41, 5.74) is 3.31. The zero-order valence-electron chi connectivity index (χ0n) is 19.8. The van der Waals surface area contributed by atoms with Gasteiger partial charge in [0.2, 0.25) is 21.8 Å². The van der Waals surface area contributed by atoms with E-state index < -0.39 is 16.1 Å². The molecule has 33 heavy (non-hydrogen) atoms. The van der Waals surface area contributed by atoms with Crippen molar-refractivity contribution >= 4 is 39.1 Å². The topological polar surface area (TPSA) is 86.8 Å². The molecule has 0 saturated heterocycles.